The van der Waals surface area contributed by atoms with Gasteiger partial charge in [0.05, 0.1) is 0 Å². The lowest BCUT2D eigenvalue weighted by Crippen LogP contribution is -2.30. The molecule has 0 aliphatic rings. The van der Waals surface area contributed by atoms with Gasteiger partial charge in [0.25, 0.3) is 0 Å². The van der Waals surface area contributed by atoms with E-state index in [9.17, 15) is 0 Å². The summed E-state index contributed by atoms with van der Waals surface area (Å²) < 4.78 is 0. The molecule has 2 heteroatoms. The predicted octanol–water partition coefficient (Wildman–Crippen LogP) is 3.09. The number of hydrogen-bond acceptors (Lipinski definition) is 2. The zero-order valence-electron chi connectivity index (χ0n) is 10.9. The zero-order valence-corrected chi connectivity index (χ0v) is 10.9. The minimum Gasteiger partial charge on any atom is -0.383 e. The van der Waals surface area contributed by atoms with E-state index < -0.39 is 0 Å². The maximum absolute atomic E-state index is 6.05. The number of benzene rings is 1. The quantitative estimate of drug-likeness (QED) is 0.800. The predicted molar refractivity (Wildman–Crippen MR) is 71.8 cm³/mol. The van der Waals surface area contributed by atoms with Crippen molar-refractivity contribution in [3.05, 3.63) is 29.3 Å². The van der Waals surface area contributed by atoms with Gasteiger partial charge in [-0.3, -0.25) is 0 Å². The number of aryl methyl sites for hydroxylation is 1. The summed E-state index contributed by atoms with van der Waals surface area (Å²) in [5.41, 5.74) is 9.90. The molecule has 0 radical (unpaired) electrons. The van der Waals surface area contributed by atoms with Crippen LogP contribution >= 0.6 is 0 Å². The average molecular weight is 220 g/mol. The van der Waals surface area contributed by atoms with Crippen LogP contribution in [-0.4, -0.2) is 12.6 Å². The van der Waals surface area contributed by atoms with Gasteiger partial charge in [0.1, 0.15) is 0 Å². The molecule has 0 aliphatic heterocycles. The van der Waals surface area contributed by atoms with Crippen molar-refractivity contribution >= 4 is 5.69 Å². The van der Waals surface area contributed by atoms with E-state index in [4.69, 9.17) is 5.73 Å². The third-order valence-corrected chi connectivity index (χ3v) is 2.93. The summed E-state index contributed by atoms with van der Waals surface area (Å²) >= 11 is 0. The number of nitrogens with one attached hydrogen (secondary N) is 1. The Hall–Kier alpha value is -1.02. The molecule has 0 saturated heterocycles. The van der Waals surface area contributed by atoms with E-state index in [1.807, 2.05) is 0 Å². The molecule has 0 amide bonds. The Balaban J connectivity index is 2.51. The van der Waals surface area contributed by atoms with E-state index in [1.165, 1.54) is 16.8 Å². The van der Waals surface area contributed by atoms with Gasteiger partial charge in [-0.25, -0.2) is 0 Å². The summed E-state index contributed by atoms with van der Waals surface area (Å²) in [5.74, 6) is 0.662. The second kappa shape index (κ2) is 5.90. The fraction of sp³-hybridized carbons (Fsp3) is 0.571. The van der Waals surface area contributed by atoms with Crippen molar-refractivity contribution in [1.29, 1.82) is 0 Å². The van der Waals surface area contributed by atoms with Crippen LogP contribution in [0.25, 0.3) is 0 Å². The number of anilines is 1. The molecular formula is C14H24N2. The molecule has 0 saturated carbocycles. The number of nitrogens with two attached hydrogens (primary N) is 1. The fourth-order valence-corrected chi connectivity index (χ4v) is 1.87. The van der Waals surface area contributed by atoms with Crippen LogP contribution < -0.4 is 11.1 Å². The summed E-state index contributed by atoms with van der Waals surface area (Å²) in [5, 5.41) is 3.43. The van der Waals surface area contributed by atoms with Crippen molar-refractivity contribution in [1.82, 2.24) is 0 Å². The molecular weight excluding hydrogens is 196 g/mol. The van der Waals surface area contributed by atoms with Crippen molar-refractivity contribution in [2.45, 2.75) is 40.2 Å². The van der Waals surface area contributed by atoms with Gasteiger partial charge in [-0.1, -0.05) is 26.0 Å². The van der Waals surface area contributed by atoms with Gasteiger partial charge in [0, 0.05) is 18.3 Å². The van der Waals surface area contributed by atoms with Crippen LogP contribution in [0.4, 0.5) is 5.69 Å². The van der Waals surface area contributed by atoms with Gasteiger partial charge in [-0.05, 0) is 43.4 Å². The Bertz CT molecular complexity index is 332. The second-order valence-corrected chi connectivity index (χ2v) is 5.02. The maximum Gasteiger partial charge on any atom is 0.0373 e. The zero-order chi connectivity index (χ0) is 12.1. The van der Waals surface area contributed by atoms with Crippen LogP contribution in [0.5, 0.6) is 0 Å². The molecule has 0 aromatic heterocycles. The van der Waals surface area contributed by atoms with E-state index in [0.29, 0.717) is 5.92 Å². The molecule has 1 aromatic rings. The van der Waals surface area contributed by atoms with Crippen LogP contribution in [0.2, 0.25) is 0 Å². The largest absolute Gasteiger partial charge is 0.383 e. The molecule has 16 heavy (non-hydrogen) atoms. The molecule has 0 fully saturated rings. The molecule has 2 nitrogen and oxygen atoms in total. The standard InChI is InChI=1S/C14H24N2/c1-10(2)8-13(15)9-16-14-7-5-6-11(3)12(14)4/h5-7,10,13,16H,8-9,15H2,1-4H3. The molecule has 1 atom stereocenters. The van der Waals surface area contributed by atoms with E-state index >= 15 is 0 Å². The lowest BCUT2D eigenvalue weighted by Gasteiger charge is -2.17. The van der Waals surface area contributed by atoms with Crippen LogP contribution in [0.15, 0.2) is 18.2 Å². The van der Waals surface area contributed by atoms with Crippen molar-refractivity contribution in [3.8, 4) is 0 Å². The van der Waals surface area contributed by atoms with Crippen molar-refractivity contribution < 1.29 is 0 Å². The molecule has 0 spiro atoms. The average Bonchev–Trinajstić information content (AvgIpc) is 2.19. The van der Waals surface area contributed by atoms with Gasteiger partial charge < -0.3 is 11.1 Å². The Labute approximate surface area is 99.2 Å². The normalized spacial score (nSPS) is 12.9. The first-order chi connectivity index (χ1) is 7.50. The minimum atomic E-state index is 0.236. The van der Waals surface area contributed by atoms with E-state index in [2.05, 4.69) is 51.2 Å². The minimum absolute atomic E-state index is 0.236. The van der Waals surface area contributed by atoms with Gasteiger partial charge in [0.2, 0.25) is 0 Å². The van der Waals surface area contributed by atoms with Gasteiger partial charge in [-0.15, -0.1) is 0 Å². The van der Waals surface area contributed by atoms with Gasteiger partial charge in [-0.2, -0.15) is 0 Å². The fourth-order valence-electron chi connectivity index (χ4n) is 1.87. The van der Waals surface area contributed by atoms with Crippen LogP contribution in [-0.2, 0) is 0 Å². The summed E-state index contributed by atoms with van der Waals surface area (Å²) in [7, 11) is 0. The summed E-state index contributed by atoms with van der Waals surface area (Å²) in [6.45, 7) is 9.54. The molecule has 1 rings (SSSR count). The van der Waals surface area contributed by atoms with E-state index in [0.717, 1.165) is 13.0 Å². The molecule has 3 N–H and O–H groups in total. The van der Waals surface area contributed by atoms with Gasteiger partial charge >= 0.3 is 0 Å². The summed E-state index contributed by atoms with van der Waals surface area (Å²) in [4.78, 5) is 0. The number of rotatable bonds is 5. The molecule has 1 unspecified atom stereocenters. The first kappa shape index (κ1) is 13.0. The third-order valence-electron chi connectivity index (χ3n) is 2.93. The Kier molecular flexibility index (Phi) is 4.81. The van der Waals surface area contributed by atoms with Crippen molar-refractivity contribution in [3.63, 3.8) is 0 Å². The lowest BCUT2D eigenvalue weighted by atomic mass is 10.0. The van der Waals surface area contributed by atoms with E-state index in [1.54, 1.807) is 0 Å². The van der Waals surface area contributed by atoms with Crippen LogP contribution in [0.1, 0.15) is 31.4 Å². The van der Waals surface area contributed by atoms with Crippen LogP contribution in [0, 0.1) is 19.8 Å². The SMILES string of the molecule is Cc1cccc(NCC(N)CC(C)C)c1C. The molecule has 1 aromatic carbocycles. The maximum atomic E-state index is 6.05. The van der Waals surface area contributed by atoms with Crippen LogP contribution in [0.3, 0.4) is 0 Å². The van der Waals surface area contributed by atoms with Gasteiger partial charge in [0.15, 0.2) is 0 Å². The number of hydrogen-bond donors (Lipinski definition) is 2. The molecule has 0 bridgehead atoms. The summed E-state index contributed by atoms with van der Waals surface area (Å²) in [6.07, 6.45) is 1.07. The van der Waals surface area contributed by atoms with Crippen molar-refractivity contribution in [2.75, 3.05) is 11.9 Å². The highest BCUT2D eigenvalue weighted by Gasteiger charge is 2.06. The second-order valence-electron chi connectivity index (χ2n) is 5.02. The Morgan fingerprint density at radius 2 is 1.94 bits per heavy atom. The Morgan fingerprint density at radius 3 is 2.56 bits per heavy atom. The molecule has 0 aliphatic carbocycles. The van der Waals surface area contributed by atoms with Crippen molar-refractivity contribution in [2.24, 2.45) is 11.7 Å². The summed E-state index contributed by atoms with van der Waals surface area (Å²) in [6, 6.07) is 6.57. The van der Waals surface area contributed by atoms with E-state index in [-0.39, 0.29) is 6.04 Å². The Morgan fingerprint density at radius 1 is 1.25 bits per heavy atom. The smallest absolute Gasteiger partial charge is 0.0373 e. The first-order valence-electron chi connectivity index (χ1n) is 6.06. The third kappa shape index (κ3) is 3.86. The molecule has 0 heterocycles. The highest BCUT2D eigenvalue weighted by molar-refractivity contribution is 5.53. The molecule has 90 valence electrons. The lowest BCUT2D eigenvalue weighted by molar-refractivity contribution is 0.508. The highest BCUT2D eigenvalue weighted by atomic mass is 14.9. The highest BCUT2D eigenvalue weighted by Crippen LogP contribution is 2.18. The monoisotopic (exact) mass is 220 g/mol. The first-order valence-corrected chi connectivity index (χ1v) is 6.06. The topological polar surface area (TPSA) is 38.0 Å².